The van der Waals surface area contributed by atoms with Gasteiger partial charge in [-0.1, -0.05) is 48.0 Å². The van der Waals surface area contributed by atoms with Gasteiger partial charge in [-0.25, -0.2) is 19.4 Å². The second-order valence-corrected chi connectivity index (χ2v) is 17.1. The van der Waals surface area contributed by atoms with Gasteiger partial charge in [0, 0.05) is 24.3 Å². The molecule has 3 saturated carbocycles. The van der Waals surface area contributed by atoms with Crippen LogP contribution in [0.25, 0.3) is 5.82 Å². The van der Waals surface area contributed by atoms with Crippen molar-refractivity contribution in [3.63, 3.8) is 0 Å². The number of nitrogens with one attached hydrogen (secondary N) is 3. The average molecular weight is 730 g/mol. The normalized spacial score (nSPS) is 22.6. The van der Waals surface area contributed by atoms with Crippen LogP contribution in [0.5, 0.6) is 5.88 Å². The van der Waals surface area contributed by atoms with Gasteiger partial charge in [-0.2, -0.15) is 8.42 Å². The largest absolute Gasteiger partial charge is 0.477 e. The first-order valence-corrected chi connectivity index (χ1v) is 19.9. The van der Waals surface area contributed by atoms with Crippen LogP contribution in [0.3, 0.4) is 0 Å². The number of sulfonamides is 1. The molecule has 1 amide bonds. The maximum absolute atomic E-state index is 13.2. The second kappa shape index (κ2) is 13.2. The molecule has 3 aromatic heterocycles. The van der Waals surface area contributed by atoms with E-state index >= 15 is 0 Å². The predicted octanol–water partition coefficient (Wildman–Crippen LogP) is 6.20. The fraction of sp³-hybridized carbons (Fsp3) is 0.474. The second-order valence-electron chi connectivity index (χ2n) is 15.1. The summed E-state index contributed by atoms with van der Waals surface area (Å²) in [6.45, 7) is 4.55. The van der Waals surface area contributed by atoms with Crippen LogP contribution in [0.1, 0.15) is 74.2 Å². The predicted molar refractivity (Wildman–Crippen MR) is 195 cm³/mol. The van der Waals surface area contributed by atoms with Crippen molar-refractivity contribution < 1.29 is 17.9 Å². The van der Waals surface area contributed by atoms with E-state index in [1.54, 1.807) is 30.5 Å². The van der Waals surface area contributed by atoms with E-state index in [1.807, 2.05) is 6.07 Å². The van der Waals surface area contributed by atoms with Crippen LogP contribution < -0.4 is 20.1 Å². The highest BCUT2D eigenvalue weighted by atomic mass is 35.5. The van der Waals surface area contributed by atoms with Crippen LogP contribution in [0.4, 0.5) is 5.82 Å². The maximum Gasteiger partial charge on any atom is 0.281 e. The van der Waals surface area contributed by atoms with E-state index in [1.165, 1.54) is 48.1 Å². The number of aromatic nitrogens is 4. The lowest BCUT2D eigenvalue weighted by Gasteiger charge is -2.25. The van der Waals surface area contributed by atoms with Gasteiger partial charge >= 0.3 is 0 Å². The molecule has 1 aliphatic heterocycles. The Morgan fingerprint density at radius 2 is 1.78 bits per heavy atom. The number of benzene rings is 1. The molecule has 8 rings (SSSR count). The highest BCUT2D eigenvalue weighted by molar-refractivity contribution is 7.90. The molecule has 51 heavy (non-hydrogen) atoms. The topological polar surface area (TPSA) is 140 Å². The molecule has 268 valence electrons. The number of nitrogens with zero attached hydrogens (tertiary/aromatic N) is 4. The Labute approximate surface area is 304 Å². The summed E-state index contributed by atoms with van der Waals surface area (Å²) < 4.78 is 35.8. The number of amides is 1. The number of anilines is 1. The van der Waals surface area contributed by atoms with Crippen molar-refractivity contribution in [3.8, 4) is 11.7 Å². The SMILES string of the molecule is CC1(Cc2ccccc2)CC(CCCNc2cccc(S(=O)(=O)NC(=O)c3ccc(-n4ccc(OCCC5C6(CC6)C56CC6)n4)nc3Cl)n2)CN1. The number of halogens is 1. The van der Waals surface area contributed by atoms with Gasteiger partial charge in [0.15, 0.2) is 10.8 Å². The molecule has 2 spiro atoms. The first-order chi connectivity index (χ1) is 24.6. The summed E-state index contributed by atoms with van der Waals surface area (Å²) in [4.78, 5) is 21.6. The molecule has 0 bridgehead atoms. The first kappa shape index (κ1) is 34.1. The number of pyridine rings is 2. The Balaban J connectivity index is 0.804. The summed E-state index contributed by atoms with van der Waals surface area (Å²) in [5.41, 5.74) is 2.65. The van der Waals surface area contributed by atoms with E-state index in [-0.39, 0.29) is 21.3 Å². The summed E-state index contributed by atoms with van der Waals surface area (Å²) in [5.74, 6) is 1.76. The van der Waals surface area contributed by atoms with E-state index in [9.17, 15) is 13.2 Å². The van der Waals surface area contributed by atoms with Crippen molar-refractivity contribution in [1.29, 1.82) is 0 Å². The molecule has 3 aliphatic carbocycles. The summed E-state index contributed by atoms with van der Waals surface area (Å²) in [6.07, 6.45) is 12.4. The van der Waals surface area contributed by atoms with E-state index < -0.39 is 15.9 Å². The number of carbonyl (C=O) groups is 1. The number of hydrogen-bond donors (Lipinski definition) is 3. The molecule has 4 heterocycles. The lowest BCUT2D eigenvalue weighted by atomic mass is 9.87. The van der Waals surface area contributed by atoms with Crippen molar-refractivity contribution >= 4 is 33.3 Å². The zero-order valence-corrected chi connectivity index (χ0v) is 30.3. The summed E-state index contributed by atoms with van der Waals surface area (Å²) in [7, 11) is -4.29. The third kappa shape index (κ3) is 6.97. The van der Waals surface area contributed by atoms with Gasteiger partial charge < -0.3 is 15.4 Å². The molecule has 13 heteroatoms. The quantitative estimate of drug-likeness (QED) is 0.0965. The summed E-state index contributed by atoms with van der Waals surface area (Å²) in [6, 6.07) is 19.9. The number of ether oxygens (including phenoxy) is 1. The van der Waals surface area contributed by atoms with Gasteiger partial charge in [-0.3, -0.25) is 4.79 Å². The minimum atomic E-state index is -4.29. The van der Waals surface area contributed by atoms with Crippen molar-refractivity contribution in [1.82, 2.24) is 29.8 Å². The van der Waals surface area contributed by atoms with Crippen molar-refractivity contribution in [2.45, 2.75) is 75.3 Å². The van der Waals surface area contributed by atoms with E-state index in [4.69, 9.17) is 16.3 Å². The fourth-order valence-corrected chi connectivity index (χ4v) is 10.1. The van der Waals surface area contributed by atoms with E-state index in [2.05, 4.69) is 61.6 Å². The number of hydrogen-bond acceptors (Lipinski definition) is 9. The lowest BCUT2D eigenvalue weighted by molar-refractivity contribution is 0.0981. The minimum absolute atomic E-state index is 0.0866. The summed E-state index contributed by atoms with van der Waals surface area (Å²) >= 11 is 6.37. The Hall–Kier alpha value is -4.00. The number of rotatable bonds is 15. The molecule has 4 fully saturated rings. The van der Waals surface area contributed by atoms with E-state index in [0.717, 1.165) is 44.6 Å². The Kier molecular flexibility index (Phi) is 8.83. The van der Waals surface area contributed by atoms with E-state index in [0.29, 0.717) is 47.4 Å². The summed E-state index contributed by atoms with van der Waals surface area (Å²) in [5, 5.41) is 11.0. The molecule has 1 saturated heterocycles. The lowest BCUT2D eigenvalue weighted by Crippen LogP contribution is -2.38. The van der Waals surface area contributed by atoms with Gasteiger partial charge in [-0.05, 0) is 124 Å². The molecule has 4 aliphatic rings. The molecule has 3 N–H and O–H groups in total. The number of carbonyl (C=O) groups excluding carboxylic acids is 1. The molecule has 2 unspecified atom stereocenters. The third-order valence-corrected chi connectivity index (χ3v) is 13.2. The minimum Gasteiger partial charge on any atom is -0.477 e. The van der Waals surface area contributed by atoms with Crippen molar-refractivity contribution in [3.05, 3.63) is 89.2 Å². The van der Waals surface area contributed by atoms with Crippen LogP contribution in [-0.4, -0.2) is 59.3 Å². The maximum atomic E-state index is 13.2. The molecule has 0 radical (unpaired) electrons. The zero-order chi connectivity index (χ0) is 35.3. The van der Waals surface area contributed by atoms with Crippen LogP contribution >= 0.6 is 11.6 Å². The Bertz CT molecular complexity index is 2010. The third-order valence-electron chi connectivity index (χ3n) is 11.7. The highest BCUT2D eigenvalue weighted by Crippen LogP contribution is 2.93. The average Bonchev–Trinajstić information content (AvgIpc) is 4.06. The van der Waals surface area contributed by atoms with Gasteiger partial charge in [0.05, 0.1) is 12.2 Å². The monoisotopic (exact) mass is 729 g/mol. The van der Waals surface area contributed by atoms with Gasteiger partial charge in [-0.15, -0.1) is 5.10 Å². The number of fused-ring (bicyclic) bond motifs is 1. The van der Waals surface area contributed by atoms with Crippen LogP contribution in [0.2, 0.25) is 5.15 Å². The van der Waals surface area contributed by atoms with Crippen LogP contribution in [0, 0.1) is 22.7 Å². The van der Waals surface area contributed by atoms with Crippen molar-refractivity contribution in [2.24, 2.45) is 22.7 Å². The smallest absolute Gasteiger partial charge is 0.281 e. The first-order valence-electron chi connectivity index (χ1n) is 18.0. The molecular weight excluding hydrogens is 686 g/mol. The fourth-order valence-electron chi connectivity index (χ4n) is 8.93. The standard InChI is InChI=1S/C38H44ClN7O4S/c1-36(23-26-7-3-2-4-8-26)24-27(25-41-36)9-6-20-40-30-10-5-11-33(42-30)51(48,49)45-35(47)28-12-13-31(43-34(28)39)46-21-14-32(44-46)50-22-15-29-37(16-17-37)38(29)18-19-38/h2-5,7-8,10-14,21,27,29,41H,6,9,15-20,22-25H2,1H3,(H,40,42)(H,45,47). The molecule has 2 atom stereocenters. The van der Waals surface area contributed by atoms with Gasteiger partial charge in [0.1, 0.15) is 11.0 Å². The van der Waals surface area contributed by atoms with Gasteiger partial charge in [0.2, 0.25) is 5.88 Å². The molecule has 1 aromatic carbocycles. The highest BCUT2D eigenvalue weighted by Gasteiger charge is 2.85. The Morgan fingerprint density at radius 1 is 1.00 bits per heavy atom. The van der Waals surface area contributed by atoms with Gasteiger partial charge in [0.25, 0.3) is 15.9 Å². The molecular formula is C38H44ClN7O4S. The zero-order valence-electron chi connectivity index (χ0n) is 28.8. The Morgan fingerprint density at radius 3 is 2.53 bits per heavy atom. The van der Waals surface area contributed by atoms with Crippen LogP contribution in [-0.2, 0) is 16.4 Å². The molecule has 4 aromatic rings. The van der Waals surface area contributed by atoms with Crippen LogP contribution in [0.15, 0.2) is 78.0 Å². The van der Waals surface area contributed by atoms with Crippen molar-refractivity contribution in [2.75, 3.05) is 25.0 Å². The molecule has 11 nitrogen and oxygen atoms in total.